The molecule has 2 aromatic carbocycles. The second kappa shape index (κ2) is 7.97. The molecule has 25 heavy (non-hydrogen) atoms. The summed E-state index contributed by atoms with van der Waals surface area (Å²) in [5.74, 6) is -0.308. The highest BCUT2D eigenvalue weighted by Gasteiger charge is 2.19. The Bertz CT molecular complexity index is 773. The topological polar surface area (TPSA) is 49.4 Å². The van der Waals surface area contributed by atoms with Gasteiger partial charge >= 0.3 is 0 Å². The minimum Gasteiger partial charge on any atom is -0.350 e. The first-order chi connectivity index (χ1) is 11.8. The van der Waals surface area contributed by atoms with Crippen molar-refractivity contribution < 1.29 is 9.59 Å². The molecule has 0 saturated heterocycles. The van der Waals surface area contributed by atoms with E-state index in [9.17, 15) is 9.59 Å². The quantitative estimate of drug-likeness (QED) is 0.906. The lowest BCUT2D eigenvalue weighted by atomic mass is 10.0. The van der Waals surface area contributed by atoms with E-state index in [0.29, 0.717) is 6.54 Å². The molecule has 0 aromatic heterocycles. The van der Waals surface area contributed by atoms with Gasteiger partial charge in [-0.1, -0.05) is 47.5 Å². The average molecular weight is 338 g/mol. The third-order valence-corrected chi connectivity index (χ3v) is 4.16. The van der Waals surface area contributed by atoms with Crippen molar-refractivity contribution in [2.75, 3.05) is 11.4 Å². The van der Waals surface area contributed by atoms with Crippen LogP contribution in [0.4, 0.5) is 5.69 Å². The molecule has 0 aliphatic rings. The summed E-state index contributed by atoms with van der Waals surface area (Å²) in [5.41, 5.74) is 6.17. The van der Waals surface area contributed by atoms with Crippen molar-refractivity contribution in [2.24, 2.45) is 0 Å². The number of carbonyl (C=O) groups is 2. The number of anilines is 1. The Morgan fingerprint density at radius 3 is 2.16 bits per heavy atom. The molecule has 0 aliphatic carbocycles. The summed E-state index contributed by atoms with van der Waals surface area (Å²) in [4.78, 5) is 26.1. The largest absolute Gasteiger partial charge is 0.350 e. The first kappa shape index (κ1) is 18.7. The van der Waals surface area contributed by atoms with Crippen LogP contribution < -0.4 is 10.2 Å². The van der Waals surface area contributed by atoms with Crippen LogP contribution in [0.1, 0.15) is 34.7 Å². The molecule has 0 aliphatic heterocycles. The Balaban J connectivity index is 2.12. The molecule has 2 rings (SSSR count). The number of nitrogens with one attached hydrogen (secondary N) is 1. The maximum absolute atomic E-state index is 12.4. The van der Waals surface area contributed by atoms with Gasteiger partial charge in [0.2, 0.25) is 11.8 Å². The number of aryl methyl sites for hydroxylation is 4. The molecule has 0 spiro atoms. The molecule has 0 fully saturated rings. The number of rotatable bonds is 5. The van der Waals surface area contributed by atoms with Crippen molar-refractivity contribution in [3.63, 3.8) is 0 Å². The van der Waals surface area contributed by atoms with Gasteiger partial charge in [-0.05, 0) is 44.4 Å². The third kappa shape index (κ3) is 4.92. The predicted molar refractivity (Wildman–Crippen MR) is 102 cm³/mol. The van der Waals surface area contributed by atoms with E-state index >= 15 is 0 Å². The van der Waals surface area contributed by atoms with Crippen molar-refractivity contribution in [2.45, 2.75) is 41.2 Å². The Morgan fingerprint density at radius 2 is 1.60 bits per heavy atom. The molecule has 4 heteroatoms. The van der Waals surface area contributed by atoms with E-state index in [1.807, 2.05) is 64.1 Å². The first-order valence-corrected chi connectivity index (χ1v) is 8.46. The van der Waals surface area contributed by atoms with Crippen molar-refractivity contribution in [3.8, 4) is 0 Å². The van der Waals surface area contributed by atoms with Gasteiger partial charge in [0.25, 0.3) is 0 Å². The van der Waals surface area contributed by atoms with Gasteiger partial charge in [-0.15, -0.1) is 0 Å². The van der Waals surface area contributed by atoms with E-state index in [0.717, 1.165) is 33.5 Å². The molecule has 0 saturated carbocycles. The van der Waals surface area contributed by atoms with Gasteiger partial charge in [0.1, 0.15) is 6.54 Å². The Kier molecular flexibility index (Phi) is 5.97. The van der Waals surface area contributed by atoms with E-state index in [-0.39, 0.29) is 18.4 Å². The van der Waals surface area contributed by atoms with Crippen LogP contribution in [-0.4, -0.2) is 18.4 Å². The Morgan fingerprint density at radius 1 is 0.960 bits per heavy atom. The summed E-state index contributed by atoms with van der Waals surface area (Å²) in [6.45, 7) is 9.95. The molecular formula is C21H26N2O2. The fourth-order valence-electron chi connectivity index (χ4n) is 3.17. The normalized spacial score (nSPS) is 10.4. The van der Waals surface area contributed by atoms with E-state index in [1.54, 1.807) is 4.90 Å². The first-order valence-electron chi connectivity index (χ1n) is 8.46. The number of amides is 2. The lowest BCUT2D eigenvalue weighted by Gasteiger charge is -2.25. The van der Waals surface area contributed by atoms with Crippen molar-refractivity contribution in [1.82, 2.24) is 5.32 Å². The molecule has 1 N–H and O–H groups in total. The summed E-state index contributed by atoms with van der Waals surface area (Å²) >= 11 is 0. The lowest BCUT2D eigenvalue weighted by Crippen LogP contribution is -2.40. The van der Waals surface area contributed by atoms with Crippen LogP contribution in [0.2, 0.25) is 0 Å². The molecule has 0 heterocycles. The van der Waals surface area contributed by atoms with Gasteiger partial charge < -0.3 is 10.2 Å². The fourth-order valence-corrected chi connectivity index (χ4v) is 3.17. The highest BCUT2D eigenvalue weighted by atomic mass is 16.2. The zero-order chi connectivity index (χ0) is 18.6. The van der Waals surface area contributed by atoms with Crippen molar-refractivity contribution in [1.29, 1.82) is 0 Å². The fraction of sp³-hybridized carbons (Fsp3) is 0.333. The predicted octanol–water partition coefficient (Wildman–Crippen LogP) is 3.59. The zero-order valence-electron chi connectivity index (χ0n) is 15.6. The van der Waals surface area contributed by atoms with E-state index in [2.05, 4.69) is 5.32 Å². The van der Waals surface area contributed by atoms with Crippen LogP contribution in [0, 0.1) is 27.7 Å². The van der Waals surface area contributed by atoms with Gasteiger partial charge in [-0.25, -0.2) is 0 Å². The second-order valence-electron chi connectivity index (χ2n) is 6.62. The molecule has 132 valence electrons. The van der Waals surface area contributed by atoms with Crippen LogP contribution in [0.15, 0.2) is 36.4 Å². The highest BCUT2D eigenvalue weighted by molar-refractivity contribution is 5.98. The third-order valence-electron chi connectivity index (χ3n) is 4.16. The van der Waals surface area contributed by atoms with E-state index in [1.165, 1.54) is 6.92 Å². The van der Waals surface area contributed by atoms with E-state index in [4.69, 9.17) is 0 Å². The van der Waals surface area contributed by atoms with Gasteiger partial charge in [0, 0.05) is 13.5 Å². The monoisotopic (exact) mass is 338 g/mol. The van der Waals surface area contributed by atoms with Crippen LogP contribution >= 0.6 is 0 Å². The standard InChI is InChI=1S/C21H26N2O2/c1-14-7-6-8-19(11-14)12-22-20(25)13-23(18(5)24)21-16(3)9-15(2)10-17(21)4/h6-11H,12-13H2,1-5H3,(H,22,25). The molecule has 2 aromatic rings. The summed E-state index contributed by atoms with van der Waals surface area (Å²) < 4.78 is 0. The molecule has 0 bridgehead atoms. The number of hydrogen-bond donors (Lipinski definition) is 1. The Labute approximate surface area is 149 Å². The SMILES string of the molecule is CC(=O)N(CC(=O)NCc1cccc(C)c1)c1c(C)cc(C)cc1C. The summed E-state index contributed by atoms with van der Waals surface area (Å²) in [6.07, 6.45) is 0. The molecule has 0 atom stereocenters. The highest BCUT2D eigenvalue weighted by Crippen LogP contribution is 2.26. The van der Waals surface area contributed by atoms with Gasteiger partial charge in [0.05, 0.1) is 5.69 Å². The van der Waals surface area contributed by atoms with Crippen LogP contribution in [0.5, 0.6) is 0 Å². The van der Waals surface area contributed by atoms with Gasteiger partial charge in [-0.2, -0.15) is 0 Å². The van der Waals surface area contributed by atoms with Crippen LogP contribution in [0.25, 0.3) is 0 Å². The minimum atomic E-state index is -0.170. The minimum absolute atomic E-state index is 0.0197. The summed E-state index contributed by atoms with van der Waals surface area (Å²) in [7, 11) is 0. The number of nitrogens with zero attached hydrogens (tertiary/aromatic N) is 1. The maximum Gasteiger partial charge on any atom is 0.240 e. The van der Waals surface area contributed by atoms with Crippen LogP contribution in [0.3, 0.4) is 0 Å². The summed E-state index contributed by atoms with van der Waals surface area (Å²) in [6, 6.07) is 12.1. The Hall–Kier alpha value is -2.62. The lowest BCUT2D eigenvalue weighted by molar-refractivity contribution is -0.123. The molecule has 4 nitrogen and oxygen atoms in total. The molecule has 0 radical (unpaired) electrons. The van der Waals surface area contributed by atoms with Gasteiger partial charge in [0.15, 0.2) is 0 Å². The van der Waals surface area contributed by atoms with Crippen LogP contribution in [-0.2, 0) is 16.1 Å². The van der Waals surface area contributed by atoms with Gasteiger partial charge in [-0.3, -0.25) is 9.59 Å². The molecular weight excluding hydrogens is 312 g/mol. The number of hydrogen-bond acceptors (Lipinski definition) is 2. The second-order valence-corrected chi connectivity index (χ2v) is 6.62. The average Bonchev–Trinajstić information content (AvgIpc) is 2.51. The smallest absolute Gasteiger partial charge is 0.240 e. The number of benzene rings is 2. The van der Waals surface area contributed by atoms with Crippen molar-refractivity contribution in [3.05, 3.63) is 64.2 Å². The van der Waals surface area contributed by atoms with E-state index < -0.39 is 0 Å². The van der Waals surface area contributed by atoms with Crippen molar-refractivity contribution >= 4 is 17.5 Å². The summed E-state index contributed by atoms with van der Waals surface area (Å²) in [5, 5.41) is 2.90. The zero-order valence-corrected chi connectivity index (χ0v) is 15.6. The number of carbonyl (C=O) groups excluding carboxylic acids is 2. The molecule has 0 unspecified atom stereocenters. The molecule has 2 amide bonds. The maximum atomic E-state index is 12.4.